The Morgan fingerprint density at radius 3 is 3.10 bits per heavy atom. The van der Waals surface area contributed by atoms with Crippen LogP contribution in [0.25, 0.3) is 0 Å². The second kappa shape index (κ2) is 3.46. The summed E-state index contributed by atoms with van der Waals surface area (Å²) in [6, 6.07) is 0. The van der Waals surface area contributed by atoms with Gasteiger partial charge in [-0.15, -0.1) is 0 Å². The summed E-state index contributed by atoms with van der Waals surface area (Å²) in [6.07, 6.45) is 2.03. The van der Waals surface area contributed by atoms with Gasteiger partial charge in [0.15, 0.2) is 0 Å². The molecule has 0 spiro atoms. The summed E-state index contributed by atoms with van der Waals surface area (Å²) < 4.78 is 0. The van der Waals surface area contributed by atoms with Crippen LogP contribution in [0.5, 0.6) is 0 Å². The molecular formula is C7H15N3. The van der Waals surface area contributed by atoms with Crippen LogP contribution < -0.4 is 10.6 Å². The molecule has 1 fully saturated rings. The third kappa shape index (κ3) is 1.64. The van der Waals surface area contributed by atoms with Gasteiger partial charge < -0.3 is 15.5 Å². The zero-order valence-electron chi connectivity index (χ0n) is 6.65. The molecule has 1 saturated heterocycles. The zero-order chi connectivity index (χ0) is 7.40. The summed E-state index contributed by atoms with van der Waals surface area (Å²) in [5, 5.41) is 6.32. The molecular weight excluding hydrogens is 126 g/mol. The Labute approximate surface area is 62.1 Å². The summed E-state index contributed by atoms with van der Waals surface area (Å²) in [4.78, 5) is 2.26. The molecule has 0 amide bonds. The maximum Gasteiger partial charge on any atom is 0.0430 e. The van der Waals surface area contributed by atoms with E-state index in [4.69, 9.17) is 0 Å². The maximum atomic E-state index is 3.30. The van der Waals surface area contributed by atoms with E-state index in [1.165, 1.54) is 5.70 Å². The van der Waals surface area contributed by atoms with Gasteiger partial charge in [0.2, 0.25) is 0 Å². The highest BCUT2D eigenvalue weighted by Gasteiger charge is 2.08. The van der Waals surface area contributed by atoms with E-state index in [-0.39, 0.29) is 0 Å². The highest BCUT2D eigenvalue weighted by atomic mass is 15.2. The van der Waals surface area contributed by atoms with Crippen molar-refractivity contribution in [3.05, 3.63) is 11.9 Å². The van der Waals surface area contributed by atoms with Crippen molar-refractivity contribution in [3.63, 3.8) is 0 Å². The first-order valence-corrected chi connectivity index (χ1v) is 3.63. The van der Waals surface area contributed by atoms with Gasteiger partial charge in [-0.2, -0.15) is 0 Å². The predicted molar refractivity (Wildman–Crippen MR) is 42.6 cm³/mol. The lowest BCUT2D eigenvalue weighted by atomic mass is 10.3. The van der Waals surface area contributed by atoms with Gasteiger partial charge in [-0.05, 0) is 0 Å². The highest BCUT2D eigenvalue weighted by molar-refractivity contribution is 5.03. The molecule has 3 nitrogen and oxygen atoms in total. The summed E-state index contributed by atoms with van der Waals surface area (Å²) in [6.45, 7) is 3.18. The van der Waals surface area contributed by atoms with Crippen LogP contribution in [0.3, 0.4) is 0 Å². The first-order valence-electron chi connectivity index (χ1n) is 3.63. The topological polar surface area (TPSA) is 27.3 Å². The van der Waals surface area contributed by atoms with Crippen molar-refractivity contribution in [1.82, 2.24) is 15.5 Å². The molecule has 1 heterocycles. The Morgan fingerprint density at radius 2 is 2.50 bits per heavy atom. The number of likely N-dealkylation sites (N-methyl/N-ethyl adjacent to an activating group) is 1. The smallest absolute Gasteiger partial charge is 0.0430 e. The van der Waals surface area contributed by atoms with Crippen LogP contribution in [0, 0.1) is 0 Å². The van der Waals surface area contributed by atoms with Crippen LogP contribution in [-0.4, -0.2) is 38.6 Å². The second-order valence-corrected chi connectivity index (χ2v) is 2.52. The maximum absolute atomic E-state index is 3.30. The average molecular weight is 141 g/mol. The van der Waals surface area contributed by atoms with E-state index in [0.29, 0.717) is 0 Å². The summed E-state index contributed by atoms with van der Waals surface area (Å²) >= 11 is 0. The van der Waals surface area contributed by atoms with Crippen molar-refractivity contribution in [1.29, 1.82) is 0 Å². The number of nitrogens with zero attached hydrogens (tertiary/aromatic N) is 1. The molecule has 0 aromatic heterocycles. The third-order valence-corrected chi connectivity index (χ3v) is 1.73. The molecule has 3 heteroatoms. The van der Waals surface area contributed by atoms with Gasteiger partial charge in [0, 0.05) is 45.6 Å². The van der Waals surface area contributed by atoms with Gasteiger partial charge in [0.05, 0.1) is 0 Å². The molecule has 10 heavy (non-hydrogen) atoms. The highest BCUT2D eigenvalue weighted by Crippen LogP contribution is 2.01. The summed E-state index contributed by atoms with van der Waals surface area (Å²) in [5.41, 5.74) is 1.33. The standard InChI is InChI=1S/C7H15N3/c1-8-5-7-6-9-3-4-10(7)2/h5,8-9H,3-4,6H2,1-2H3/b7-5-. The first kappa shape index (κ1) is 7.41. The lowest BCUT2D eigenvalue weighted by molar-refractivity contribution is 0.355. The predicted octanol–water partition coefficient (Wildman–Crippen LogP) is -0.418. The van der Waals surface area contributed by atoms with E-state index in [1.54, 1.807) is 0 Å². The molecule has 1 aliphatic heterocycles. The lowest BCUT2D eigenvalue weighted by Gasteiger charge is -2.28. The van der Waals surface area contributed by atoms with Crippen LogP contribution in [0.15, 0.2) is 11.9 Å². The molecule has 0 aliphatic carbocycles. The number of hydrogen-bond acceptors (Lipinski definition) is 3. The molecule has 1 rings (SSSR count). The van der Waals surface area contributed by atoms with Crippen LogP contribution >= 0.6 is 0 Å². The molecule has 1 aliphatic rings. The van der Waals surface area contributed by atoms with Crippen molar-refractivity contribution in [2.45, 2.75) is 0 Å². The Bertz CT molecular complexity index is 131. The van der Waals surface area contributed by atoms with E-state index in [9.17, 15) is 0 Å². The van der Waals surface area contributed by atoms with Gasteiger partial charge in [0.25, 0.3) is 0 Å². The molecule has 58 valence electrons. The quantitative estimate of drug-likeness (QED) is 0.519. The minimum atomic E-state index is 0.983. The molecule has 0 bridgehead atoms. The average Bonchev–Trinajstić information content (AvgIpc) is 1.94. The number of rotatable bonds is 1. The van der Waals surface area contributed by atoms with E-state index < -0.39 is 0 Å². The first-order chi connectivity index (χ1) is 4.84. The zero-order valence-corrected chi connectivity index (χ0v) is 6.65. The molecule has 0 unspecified atom stereocenters. The molecule has 2 N–H and O–H groups in total. The molecule has 0 saturated carbocycles. The van der Waals surface area contributed by atoms with Gasteiger partial charge in [-0.1, -0.05) is 0 Å². The van der Waals surface area contributed by atoms with Gasteiger partial charge in [-0.25, -0.2) is 0 Å². The summed E-state index contributed by atoms with van der Waals surface area (Å²) in [5.74, 6) is 0. The van der Waals surface area contributed by atoms with E-state index in [0.717, 1.165) is 19.6 Å². The second-order valence-electron chi connectivity index (χ2n) is 2.52. The molecule has 0 atom stereocenters. The SMILES string of the molecule is CN/C=C1/CNCCN1C. The van der Waals surface area contributed by atoms with Gasteiger partial charge in [-0.3, -0.25) is 0 Å². The van der Waals surface area contributed by atoms with Crippen molar-refractivity contribution < 1.29 is 0 Å². The third-order valence-electron chi connectivity index (χ3n) is 1.73. The van der Waals surface area contributed by atoms with Crippen LogP contribution in [0.1, 0.15) is 0 Å². The fraction of sp³-hybridized carbons (Fsp3) is 0.714. The van der Waals surface area contributed by atoms with Crippen LogP contribution in [0.4, 0.5) is 0 Å². The van der Waals surface area contributed by atoms with E-state index >= 15 is 0 Å². The van der Waals surface area contributed by atoms with E-state index in [1.807, 2.05) is 13.2 Å². The Kier molecular flexibility index (Phi) is 2.57. The fourth-order valence-electron chi connectivity index (χ4n) is 1.07. The molecule has 0 aromatic rings. The van der Waals surface area contributed by atoms with Crippen molar-refractivity contribution >= 4 is 0 Å². The van der Waals surface area contributed by atoms with Gasteiger partial charge in [0.1, 0.15) is 0 Å². The van der Waals surface area contributed by atoms with Gasteiger partial charge >= 0.3 is 0 Å². The Morgan fingerprint density at radius 1 is 1.70 bits per heavy atom. The van der Waals surface area contributed by atoms with E-state index in [2.05, 4.69) is 22.6 Å². The normalized spacial score (nSPS) is 23.4. The monoisotopic (exact) mass is 141 g/mol. The van der Waals surface area contributed by atoms with Crippen LogP contribution in [0.2, 0.25) is 0 Å². The number of nitrogens with one attached hydrogen (secondary N) is 2. The van der Waals surface area contributed by atoms with Crippen molar-refractivity contribution in [2.24, 2.45) is 0 Å². The molecule has 0 radical (unpaired) electrons. The van der Waals surface area contributed by atoms with Crippen molar-refractivity contribution in [2.75, 3.05) is 33.7 Å². The Balaban J connectivity index is 2.47. The minimum absolute atomic E-state index is 0.983. The van der Waals surface area contributed by atoms with Crippen molar-refractivity contribution in [3.8, 4) is 0 Å². The largest absolute Gasteiger partial charge is 0.393 e. The fourth-order valence-corrected chi connectivity index (χ4v) is 1.07. The summed E-state index contributed by atoms with van der Waals surface area (Å²) in [7, 11) is 4.04. The minimum Gasteiger partial charge on any atom is -0.393 e. The lowest BCUT2D eigenvalue weighted by Crippen LogP contribution is -2.39. The van der Waals surface area contributed by atoms with Crippen LogP contribution in [-0.2, 0) is 0 Å². The number of piperazine rings is 1. The molecule has 0 aromatic carbocycles. The number of hydrogen-bond donors (Lipinski definition) is 2. The Hall–Kier alpha value is -0.700.